The third-order valence-corrected chi connectivity index (χ3v) is 3.45. The Labute approximate surface area is 128 Å². The summed E-state index contributed by atoms with van der Waals surface area (Å²) in [4.78, 5) is 18.0. The van der Waals surface area contributed by atoms with Crippen molar-refractivity contribution in [3.05, 3.63) is 28.0 Å². The standard InChI is InChI=1S/C13H17Cl2N3O2/c14-11-8-10(9-12(15)17-11)13(19)16-2-1-3-18-4-6-20-7-5-18/h8-9H,1-7H2,(H,16,19). The van der Waals surface area contributed by atoms with Crippen LogP contribution < -0.4 is 5.32 Å². The number of morpholine rings is 1. The van der Waals surface area contributed by atoms with Crippen LogP contribution in [0, 0.1) is 0 Å². The highest BCUT2D eigenvalue weighted by Crippen LogP contribution is 2.14. The van der Waals surface area contributed by atoms with E-state index in [4.69, 9.17) is 27.9 Å². The van der Waals surface area contributed by atoms with E-state index in [2.05, 4.69) is 15.2 Å². The average molecular weight is 318 g/mol. The molecule has 0 saturated carbocycles. The summed E-state index contributed by atoms with van der Waals surface area (Å²) in [5, 5.41) is 3.29. The molecule has 1 N–H and O–H groups in total. The molecule has 0 radical (unpaired) electrons. The number of hydrogen-bond acceptors (Lipinski definition) is 4. The third-order valence-electron chi connectivity index (χ3n) is 3.07. The van der Waals surface area contributed by atoms with Crippen molar-refractivity contribution < 1.29 is 9.53 Å². The second kappa shape index (κ2) is 7.78. The van der Waals surface area contributed by atoms with Gasteiger partial charge in [0.25, 0.3) is 5.91 Å². The van der Waals surface area contributed by atoms with Crippen molar-refractivity contribution in [2.45, 2.75) is 6.42 Å². The monoisotopic (exact) mass is 317 g/mol. The fraction of sp³-hybridized carbons (Fsp3) is 0.538. The van der Waals surface area contributed by atoms with Gasteiger partial charge in [-0.15, -0.1) is 0 Å². The van der Waals surface area contributed by atoms with Gasteiger partial charge in [0.05, 0.1) is 13.2 Å². The number of pyridine rings is 1. The molecule has 2 heterocycles. The van der Waals surface area contributed by atoms with E-state index in [1.165, 1.54) is 12.1 Å². The molecule has 1 aromatic heterocycles. The van der Waals surface area contributed by atoms with Gasteiger partial charge in [-0.2, -0.15) is 0 Å². The van der Waals surface area contributed by atoms with Gasteiger partial charge >= 0.3 is 0 Å². The predicted octanol–water partition coefficient (Wildman–Crippen LogP) is 1.84. The SMILES string of the molecule is O=C(NCCCN1CCOCC1)c1cc(Cl)nc(Cl)c1. The maximum absolute atomic E-state index is 11.9. The molecule has 0 bridgehead atoms. The van der Waals surface area contributed by atoms with Crippen LogP contribution in [-0.2, 0) is 4.74 Å². The van der Waals surface area contributed by atoms with Crippen LogP contribution in [0.3, 0.4) is 0 Å². The first-order chi connectivity index (χ1) is 9.65. The summed E-state index contributed by atoms with van der Waals surface area (Å²) >= 11 is 11.5. The smallest absolute Gasteiger partial charge is 0.251 e. The lowest BCUT2D eigenvalue weighted by atomic mass is 10.2. The lowest BCUT2D eigenvalue weighted by molar-refractivity contribution is 0.0374. The van der Waals surface area contributed by atoms with Crippen LogP contribution in [0.15, 0.2) is 12.1 Å². The molecule has 20 heavy (non-hydrogen) atoms. The molecule has 110 valence electrons. The van der Waals surface area contributed by atoms with Crippen LogP contribution in [0.4, 0.5) is 0 Å². The molecular weight excluding hydrogens is 301 g/mol. The van der Waals surface area contributed by atoms with Crippen molar-refractivity contribution >= 4 is 29.1 Å². The van der Waals surface area contributed by atoms with Gasteiger partial charge in [-0.25, -0.2) is 4.98 Å². The molecule has 1 fully saturated rings. The van der Waals surface area contributed by atoms with E-state index < -0.39 is 0 Å². The zero-order chi connectivity index (χ0) is 14.4. The number of ether oxygens (including phenoxy) is 1. The molecule has 0 aliphatic carbocycles. The largest absolute Gasteiger partial charge is 0.379 e. The van der Waals surface area contributed by atoms with Crippen molar-refractivity contribution in [3.63, 3.8) is 0 Å². The topological polar surface area (TPSA) is 54.5 Å². The lowest BCUT2D eigenvalue weighted by Crippen LogP contribution is -2.38. The second-order valence-electron chi connectivity index (χ2n) is 4.56. The fourth-order valence-corrected chi connectivity index (χ4v) is 2.49. The lowest BCUT2D eigenvalue weighted by Gasteiger charge is -2.26. The summed E-state index contributed by atoms with van der Waals surface area (Å²) in [5.41, 5.74) is 0.432. The molecule has 1 amide bonds. The van der Waals surface area contributed by atoms with Gasteiger partial charge in [-0.3, -0.25) is 9.69 Å². The van der Waals surface area contributed by atoms with Crippen LogP contribution in [0.1, 0.15) is 16.8 Å². The number of carbonyl (C=O) groups is 1. The van der Waals surface area contributed by atoms with Gasteiger partial charge in [0.1, 0.15) is 10.3 Å². The van der Waals surface area contributed by atoms with Crippen LogP contribution in [0.2, 0.25) is 10.3 Å². The Morgan fingerprint density at radius 3 is 2.60 bits per heavy atom. The molecule has 1 aliphatic heterocycles. The Kier molecular flexibility index (Phi) is 6.04. The number of hydrogen-bond donors (Lipinski definition) is 1. The molecular formula is C13H17Cl2N3O2. The van der Waals surface area contributed by atoms with Gasteiger partial charge in [-0.05, 0) is 25.1 Å². The Balaban J connectivity index is 1.71. The normalized spacial score (nSPS) is 16.1. The quantitative estimate of drug-likeness (QED) is 0.665. The Morgan fingerprint density at radius 2 is 1.95 bits per heavy atom. The molecule has 5 nitrogen and oxygen atoms in total. The van der Waals surface area contributed by atoms with E-state index in [0.717, 1.165) is 39.3 Å². The van der Waals surface area contributed by atoms with Crippen LogP contribution in [0.5, 0.6) is 0 Å². The number of carbonyl (C=O) groups excluding carboxylic acids is 1. The number of aromatic nitrogens is 1. The summed E-state index contributed by atoms with van der Waals surface area (Å²) in [6.45, 7) is 5.09. The third kappa shape index (κ3) is 4.90. The first-order valence-corrected chi connectivity index (χ1v) is 7.32. The minimum absolute atomic E-state index is 0.182. The molecule has 1 saturated heterocycles. The molecule has 1 aliphatic rings. The summed E-state index contributed by atoms with van der Waals surface area (Å²) in [7, 11) is 0. The van der Waals surface area contributed by atoms with Gasteiger partial charge < -0.3 is 10.1 Å². The maximum Gasteiger partial charge on any atom is 0.251 e. The van der Waals surface area contributed by atoms with E-state index in [-0.39, 0.29) is 16.2 Å². The Morgan fingerprint density at radius 1 is 1.30 bits per heavy atom. The number of amides is 1. The fourth-order valence-electron chi connectivity index (χ4n) is 2.03. The summed E-state index contributed by atoms with van der Waals surface area (Å²) in [6, 6.07) is 3.01. The number of rotatable bonds is 5. The van der Waals surface area contributed by atoms with Gasteiger partial charge in [-0.1, -0.05) is 23.2 Å². The minimum atomic E-state index is -0.182. The molecule has 2 rings (SSSR count). The van der Waals surface area contributed by atoms with E-state index >= 15 is 0 Å². The van der Waals surface area contributed by atoms with Crippen molar-refractivity contribution in [3.8, 4) is 0 Å². The van der Waals surface area contributed by atoms with Gasteiger partial charge in [0.15, 0.2) is 0 Å². The van der Waals surface area contributed by atoms with Crippen LogP contribution in [-0.4, -0.2) is 55.2 Å². The number of halogens is 2. The van der Waals surface area contributed by atoms with E-state index in [0.29, 0.717) is 12.1 Å². The minimum Gasteiger partial charge on any atom is -0.379 e. The van der Waals surface area contributed by atoms with Crippen molar-refractivity contribution in [1.29, 1.82) is 0 Å². The molecule has 0 aromatic carbocycles. The Bertz CT molecular complexity index is 445. The Hall–Kier alpha value is -0.880. The number of nitrogens with one attached hydrogen (secondary N) is 1. The van der Waals surface area contributed by atoms with E-state index in [1.807, 2.05) is 0 Å². The van der Waals surface area contributed by atoms with Gasteiger partial charge in [0.2, 0.25) is 0 Å². The zero-order valence-corrected chi connectivity index (χ0v) is 12.6. The van der Waals surface area contributed by atoms with Crippen LogP contribution in [0.25, 0.3) is 0 Å². The molecule has 0 unspecified atom stereocenters. The predicted molar refractivity (Wildman–Crippen MR) is 78.5 cm³/mol. The maximum atomic E-state index is 11.9. The van der Waals surface area contributed by atoms with Gasteiger partial charge in [0, 0.05) is 25.2 Å². The highest BCUT2D eigenvalue weighted by Gasteiger charge is 2.11. The molecule has 1 aromatic rings. The molecule has 0 atom stereocenters. The molecule has 0 spiro atoms. The van der Waals surface area contributed by atoms with Crippen molar-refractivity contribution in [2.75, 3.05) is 39.4 Å². The van der Waals surface area contributed by atoms with E-state index in [9.17, 15) is 4.79 Å². The first-order valence-electron chi connectivity index (χ1n) is 6.56. The highest BCUT2D eigenvalue weighted by molar-refractivity contribution is 6.33. The van der Waals surface area contributed by atoms with Crippen LogP contribution >= 0.6 is 23.2 Å². The highest BCUT2D eigenvalue weighted by atomic mass is 35.5. The summed E-state index contributed by atoms with van der Waals surface area (Å²) in [6.07, 6.45) is 0.901. The zero-order valence-electron chi connectivity index (χ0n) is 11.1. The van der Waals surface area contributed by atoms with Crippen molar-refractivity contribution in [1.82, 2.24) is 15.2 Å². The van der Waals surface area contributed by atoms with E-state index in [1.54, 1.807) is 0 Å². The second-order valence-corrected chi connectivity index (χ2v) is 5.34. The average Bonchev–Trinajstić information content (AvgIpc) is 2.43. The number of nitrogens with zero attached hydrogens (tertiary/aromatic N) is 2. The molecule has 7 heteroatoms. The van der Waals surface area contributed by atoms with Crippen molar-refractivity contribution in [2.24, 2.45) is 0 Å². The summed E-state index contributed by atoms with van der Waals surface area (Å²) < 4.78 is 5.28. The summed E-state index contributed by atoms with van der Waals surface area (Å²) in [5.74, 6) is -0.182. The first kappa shape index (κ1) is 15.5.